The Labute approximate surface area is 352 Å². The minimum atomic E-state index is -4.99. The summed E-state index contributed by atoms with van der Waals surface area (Å²) in [7, 11) is 1.25. The molecular weight excluding hydrogens is 833 g/mol. The van der Waals surface area contributed by atoms with Gasteiger partial charge < -0.3 is 50.5 Å². The monoisotopic (exact) mass is 881 g/mol. The second-order valence-electron chi connectivity index (χ2n) is 15.7. The van der Waals surface area contributed by atoms with Gasteiger partial charge in [0.05, 0.1) is 6.10 Å². The molecule has 5 rings (SSSR count). The van der Waals surface area contributed by atoms with Crippen LogP contribution in [0.25, 0.3) is 0 Å². The first-order valence-corrected chi connectivity index (χ1v) is 19.8. The van der Waals surface area contributed by atoms with Crippen molar-refractivity contribution in [3.8, 4) is 5.75 Å². The highest BCUT2D eigenvalue weighted by Crippen LogP contribution is 2.28. The first kappa shape index (κ1) is 47.0. The van der Waals surface area contributed by atoms with Crippen LogP contribution >= 0.6 is 0 Å². The molecule has 3 aliphatic heterocycles. The normalized spacial score (nSPS) is 26.2. The van der Waals surface area contributed by atoms with E-state index in [1.54, 1.807) is 6.92 Å². The molecule has 3 fully saturated rings. The zero-order valence-corrected chi connectivity index (χ0v) is 34.3. The van der Waals surface area contributed by atoms with Crippen molar-refractivity contribution >= 4 is 47.2 Å². The lowest BCUT2D eigenvalue weighted by Crippen LogP contribution is -2.63. The lowest BCUT2D eigenvalue weighted by molar-refractivity contribution is -0.274. The largest absolute Gasteiger partial charge is 0.573 e. The second kappa shape index (κ2) is 19.3. The third-order valence-electron chi connectivity index (χ3n) is 10.8. The number of halogens is 5. The number of rotatable bonds is 8. The number of carbonyl (C=O) groups is 7. The maximum absolute atomic E-state index is 14.6. The zero-order valence-electron chi connectivity index (χ0n) is 34.3. The predicted molar refractivity (Wildman–Crippen MR) is 206 cm³/mol. The number of carbonyl (C=O) groups excluding carboxylic acids is 7. The Hall–Kier alpha value is -6.06. The summed E-state index contributed by atoms with van der Waals surface area (Å²) in [6, 6.07) is -3.54. The predicted octanol–water partition coefficient (Wildman–Crippen LogP) is 1.97. The number of cyclic esters (lactones) is 1. The summed E-state index contributed by atoms with van der Waals surface area (Å²) in [5, 5.41) is 20.4. The van der Waals surface area contributed by atoms with Crippen LogP contribution in [-0.2, 0) is 39.9 Å². The number of nitrogens with zero attached hydrogens (tertiary/aromatic N) is 3. The summed E-state index contributed by atoms with van der Waals surface area (Å²) in [6.45, 7) is 5.75. The van der Waals surface area contributed by atoms with E-state index in [4.69, 9.17) is 4.74 Å². The van der Waals surface area contributed by atoms with E-state index in [1.807, 2.05) is 0 Å². The number of fused-ring (bicyclic) bond motifs is 2. The second-order valence-corrected chi connectivity index (χ2v) is 15.7. The summed E-state index contributed by atoms with van der Waals surface area (Å²) >= 11 is 0. The van der Waals surface area contributed by atoms with Crippen LogP contribution < -0.4 is 26.0 Å². The van der Waals surface area contributed by atoms with Crippen molar-refractivity contribution in [1.29, 1.82) is 0 Å². The molecule has 5 N–H and O–H groups in total. The number of benzene rings is 2. The molecule has 0 spiro atoms. The van der Waals surface area contributed by atoms with Gasteiger partial charge in [-0.05, 0) is 87.9 Å². The van der Waals surface area contributed by atoms with Gasteiger partial charge in [-0.3, -0.25) is 24.0 Å². The molecule has 0 aliphatic carbocycles. The van der Waals surface area contributed by atoms with Gasteiger partial charge in [0.25, 0.3) is 0 Å². The van der Waals surface area contributed by atoms with Crippen LogP contribution in [0.2, 0.25) is 0 Å². The van der Waals surface area contributed by atoms with Gasteiger partial charge in [0.15, 0.2) is 0 Å². The first-order chi connectivity index (χ1) is 29.0. The number of alkyl halides is 3. The van der Waals surface area contributed by atoms with Crippen LogP contribution in [0.15, 0.2) is 42.5 Å². The minimum Gasteiger partial charge on any atom is -0.458 e. The van der Waals surface area contributed by atoms with Crippen molar-refractivity contribution in [3.05, 3.63) is 59.7 Å². The number of esters is 1. The molecule has 0 bridgehead atoms. The lowest BCUT2D eigenvalue weighted by atomic mass is 10.0. The van der Waals surface area contributed by atoms with Crippen LogP contribution in [-0.4, -0.2) is 136 Å². The van der Waals surface area contributed by atoms with Crippen LogP contribution in [0.4, 0.5) is 32.4 Å². The molecule has 0 radical (unpaired) electrons. The van der Waals surface area contributed by atoms with Crippen molar-refractivity contribution < 1.29 is 70.1 Å². The van der Waals surface area contributed by atoms with Crippen molar-refractivity contribution in [1.82, 2.24) is 30.7 Å². The first-order valence-electron chi connectivity index (χ1n) is 19.8. The van der Waals surface area contributed by atoms with Crippen LogP contribution in [0.3, 0.4) is 0 Å². The highest BCUT2D eigenvalue weighted by molar-refractivity contribution is 5.98. The Bertz CT molecular complexity index is 2020. The molecule has 0 saturated carbocycles. The van der Waals surface area contributed by atoms with Crippen LogP contribution in [0, 0.1) is 17.6 Å². The van der Waals surface area contributed by atoms with Crippen LogP contribution in [0.1, 0.15) is 52.5 Å². The number of nitrogens with one attached hydrogen (secondary N) is 4. The van der Waals surface area contributed by atoms with E-state index in [2.05, 4.69) is 26.0 Å². The molecule has 2 aromatic rings. The molecule has 3 saturated heterocycles. The third-order valence-corrected chi connectivity index (χ3v) is 10.8. The molecule has 3 heterocycles. The van der Waals surface area contributed by atoms with Crippen molar-refractivity contribution in [2.75, 3.05) is 25.5 Å². The van der Waals surface area contributed by atoms with Gasteiger partial charge in [-0.1, -0.05) is 6.92 Å². The highest BCUT2D eigenvalue weighted by Gasteiger charge is 2.47. The Kier molecular flexibility index (Phi) is 14.7. The molecule has 7 amide bonds. The molecule has 9 unspecified atom stereocenters. The van der Waals surface area contributed by atoms with E-state index >= 15 is 0 Å². The van der Waals surface area contributed by atoms with Gasteiger partial charge in [0.2, 0.25) is 29.5 Å². The van der Waals surface area contributed by atoms with Crippen molar-refractivity contribution in [2.24, 2.45) is 5.92 Å². The topological polar surface area (TPSA) is 216 Å². The molecule has 9 atom stereocenters. The molecule has 0 aromatic heterocycles. The fourth-order valence-corrected chi connectivity index (χ4v) is 7.88. The number of likely N-dealkylation sites (N-methyl/N-ethyl adjacent to an activating group) is 1. The van der Waals surface area contributed by atoms with Crippen molar-refractivity contribution in [2.45, 2.75) is 108 Å². The molecular formula is C40H48F5N7O10. The highest BCUT2D eigenvalue weighted by atomic mass is 19.4. The Morgan fingerprint density at radius 3 is 2.21 bits per heavy atom. The SMILES string of the molecule is CC1CC2C(=O)OC(C)C(NC(=O)C(Cc3cc(F)cc(F)c3)NC(=O)Nc3ccc(OC(F)(F)F)cc3)C(=O)N3CCCC3C(=O)N(C)C(C(C)O)C(=O)NC(C)C(=O)N2C1. The van der Waals surface area contributed by atoms with E-state index in [1.165, 1.54) is 32.7 Å². The van der Waals surface area contributed by atoms with Crippen molar-refractivity contribution in [3.63, 3.8) is 0 Å². The smallest absolute Gasteiger partial charge is 0.458 e. The molecule has 62 heavy (non-hydrogen) atoms. The number of anilines is 1. The third kappa shape index (κ3) is 11.4. The number of aliphatic hydroxyl groups is 1. The maximum Gasteiger partial charge on any atom is 0.573 e. The molecule has 22 heteroatoms. The number of hydrogen-bond acceptors (Lipinski definition) is 10. The number of urea groups is 1. The average molecular weight is 882 g/mol. The minimum absolute atomic E-state index is 0.0411. The van der Waals surface area contributed by atoms with E-state index in [0.29, 0.717) is 6.07 Å². The number of ether oxygens (including phenoxy) is 2. The number of amides is 7. The average Bonchev–Trinajstić information content (AvgIpc) is 3.82. The number of hydrogen-bond donors (Lipinski definition) is 5. The van der Waals surface area contributed by atoms with Gasteiger partial charge in [-0.15, -0.1) is 13.2 Å². The van der Waals surface area contributed by atoms with E-state index in [-0.39, 0.29) is 49.5 Å². The van der Waals surface area contributed by atoms with E-state index in [9.17, 15) is 60.6 Å². The van der Waals surface area contributed by atoms with Gasteiger partial charge in [0, 0.05) is 38.3 Å². The van der Waals surface area contributed by atoms with Crippen LogP contribution in [0.5, 0.6) is 5.75 Å². The summed E-state index contributed by atoms with van der Waals surface area (Å²) in [4.78, 5) is 101. The van der Waals surface area contributed by atoms with Gasteiger partial charge in [-0.25, -0.2) is 18.4 Å². The summed E-state index contributed by atoms with van der Waals surface area (Å²) in [5.74, 6) is -8.21. The molecule has 17 nitrogen and oxygen atoms in total. The lowest BCUT2D eigenvalue weighted by Gasteiger charge is -2.37. The van der Waals surface area contributed by atoms with E-state index in [0.717, 1.165) is 46.2 Å². The van der Waals surface area contributed by atoms with Gasteiger partial charge in [-0.2, -0.15) is 0 Å². The summed E-state index contributed by atoms with van der Waals surface area (Å²) in [6.07, 6.45) is -8.05. The van der Waals surface area contributed by atoms with E-state index < -0.39 is 120 Å². The Morgan fingerprint density at radius 2 is 1.60 bits per heavy atom. The zero-order chi connectivity index (χ0) is 45.8. The summed E-state index contributed by atoms with van der Waals surface area (Å²) in [5.41, 5.74) is -0.186. The Balaban J connectivity index is 1.49. The summed E-state index contributed by atoms with van der Waals surface area (Å²) < 4.78 is 76.2. The fraction of sp³-hybridized carbons (Fsp3) is 0.525. The maximum atomic E-state index is 14.6. The Morgan fingerprint density at radius 1 is 0.952 bits per heavy atom. The van der Waals surface area contributed by atoms with Gasteiger partial charge in [0.1, 0.15) is 59.7 Å². The molecule has 2 aromatic carbocycles. The van der Waals surface area contributed by atoms with Gasteiger partial charge >= 0.3 is 18.4 Å². The standard InChI is InChI=1S/C40H48F5N7O10/c1-19-13-30-38(59)61-22(4)31(37(58)51-12-6-7-29(51)36(57)50(5)32(21(3)53)34(55)46-20(2)35(56)52(30)18-19)49-33(54)28(16-23-14-24(41)17-25(42)15-23)48-39(60)47-26-8-10-27(11-9-26)62-40(43,44)45/h8-11,14-15,17,19-22,28-32,53H,6-7,12-13,16,18H2,1-5H3,(H,46,55)(H,49,54)(H2,47,48,60). The quantitative estimate of drug-likeness (QED) is 0.192. The fourth-order valence-electron chi connectivity index (χ4n) is 7.88. The number of aliphatic hydroxyl groups excluding tert-OH is 1. The molecule has 338 valence electrons. The molecule has 3 aliphatic rings.